The lowest BCUT2D eigenvalue weighted by Gasteiger charge is -2.46. The lowest BCUT2D eigenvalue weighted by Crippen LogP contribution is -2.50. The van der Waals surface area contributed by atoms with Crippen LogP contribution < -0.4 is 0 Å². The van der Waals surface area contributed by atoms with Crippen molar-refractivity contribution in [2.75, 3.05) is 6.61 Å². The Hall–Kier alpha value is 0.177. The summed E-state index contributed by atoms with van der Waals surface area (Å²) in [6, 6.07) is 1.52. The molecular weight excluding hydrogens is 260 g/mol. The molecule has 0 bridgehead atoms. The molecule has 0 aromatic carbocycles. The maximum absolute atomic E-state index is 6.79. The SMILES string of the molecule is C1CCCC([Si]2(C3CCCCCC3)CCCCO2)CC1. The molecular formula is C18H34OSi. The maximum atomic E-state index is 6.79. The standard InChI is InChI=1S/C18H34OSi/c1-2-6-12-17(11-5-1)20(16-10-9-15-19-20)18-13-7-3-4-8-14-18/h17-18H,1-16H2. The van der Waals surface area contributed by atoms with Crippen molar-refractivity contribution in [3.05, 3.63) is 0 Å². The second-order valence-electron chi connectivity index (χ2n) is 7.64. The Morgan fingerprint density at radius 3 is 1.45 bits per heavy atom. The van der Waals surface area contributed by atoms with Crippen molar-refractivity contribution in [1.82, 2.24) is 0 Å². The molecule has 0 N–H and O–H groups in total. The van der Waals surface area contributed by atoms with Gasteiger partial charge in [-0.05, 0) is 23.5 Å². The molecule has 2 heteroatoms. The minimum Gasteiger partial charge on any atom is -0.416 e. The topological polar surface area (TPSA) is 9.23 Å². The van der Waals surface area contributed by atoms with Crippen molar-refractivity contribution in [3.63, 3.8) is 0 Å². The van der Waals surface area contributed by atoms with Crippen LogP contribution in [-0.2, 0) is 4.43 Å². The van der Waals surface area contributed by atoms with E-state index in [1.165, 1.54) is 95.9 Å². The Kier molecular flexibility index (Phi) is 5.61. The quantitative estimate of drug-likeness (QED) is 0.436. The summed E-state index contributed by atoms with van der Waals surface area (Å²) in [6.07, 6.45) is 20.8. The van der Waals surface area contributed by atoms with E-state index in [2.05, 4.69) is 0 Å². The first-order valence-electron chi connectivity index (χ1n) is 9.56. The highest BCUT2D eigenvalue weighted by Crippen LogP contribution is 2.51. The highest BCUT2D eigenvalue weighted by Gasteiger charge is 2.49. The van der Waals surface area contributed by atoms with Crippen LogP contribution in [0.5, 0.6) is 0 Å². The number of hydrogen-bond donors (Lipinski definition) is 0. The number of rotatable bonds is 2. The zero-order valence-electron chi connectivity index (χ0n) is 13.4. The summed E-state index contributed by atoms with van der Waals surface area (Å²) in [5.74, 6) is 0. The molecule has 1 nitrogen and oxygen atoms in total. The molecule has 2 aliphatic carbocycles. The summed E-state index contributed by atoms with van der Waals surface area (Å²) in [5.41, 5.74) is 2.04. The van der Waals surface area contributed by atoms with Crippen LogP contribution >= 0.6 is 0 Å². The zero-order valence-corrected chi connectivity index (χ0v) is 14.4. The molecule has 0 aromatic rings. The first-order valence-corrected chi connectivity index (χ1v) is 11.8. The molecule has 3 fully saturated rings. The summed E-state index contributed by atoms with van der Waals surface area (Å²) in [4.78, 5) is 0. The van der Waals surface area contributed by atoms with Crippen LogP contribution in [0, 0.1) is 0 Å². The van der Waals surface area contributed by atoms with Gasteiger partial charge in [0.15, 0.2) is 8.32 Å². The fourth-order valence-corrected chi connectivity index (χ4v) is 11.5. The van der Waals surface area contributed by atoms with Crippen molar-refractivity contribution in [1.29, 1.82) is 0 Å². The molecule has 20 heavy (non-hydrogen) atoms. The summed E-state index contributed by atoms with van der Waals surface area (Å²) in [7, 11) is -1.45. The smallest absolute Gasteiger partial charge is 0.198 e. The second kappa shape index (κ2) is 7.44. The van der Waals surface area contributed by atoms with Gasteiger partial charge in [0.2, 0.25) is 0 Å². The first kappa shape index (κ1) is 15.1. The van der Waals surface area contributed by atoms with Gasteiger partial charge < -0.3 is 4.43 Å². The molecule has 1 saturated heterocycles. The maximum Gasteiger partial charge on any atom is 0.198 e. The Bertz CT molecular complexity index is 247. The lowest BCUT2D eigenvalue weighted by atomic mass is 10.2. The largest absolute Gasteiger partial charge is 0.416 e. The van der Waals surface area contributed by atoms with Crippen molar-refractivity contribution in [3.8, 4) is 0 Å². The van der Waals surface area contributed by atoms with Gasteiger partial charge in [0.05, 0.1) is 0 Å². The van der Waals surface area contributed by atoms with Gasteiger partial charge in [-0.1, -0.05) is 83.5 Å². The first-order chi connectivity index (χ1) is 9.92. The van der Waals surface area contributed by atoms with E-state index in [0.29, 0.717) is 0 Å². The predicted molar refractivity (Wildman–Crippen MR) is 88.7 cm³/mol. The molecule has 1 heterocycles. The van der Waals surface area contributed by atoms with Gasteiger partial charge in [0, 0.05) is 6.61 Å². The minimum absolute atomic E-state index is 1.02. The van der Waals surface area contributed by atoms with E-state index in [9.17, 15) is 0 Å². The molecule has 3 aliphatic rings. The average molecular weight is 295 g/mol. The monoisotopic (exact) mass is 294 g/mol. The van der Waals surface area contributed by atoms with E-state index in [0.717, 1.165) is 17.7 Å². The van der Waals surface area contributed by atoms with E-state index < -0.39 is 8.32 Å². The molecule has 0 amide bonds. The molecule has 0 aromatic heterocycles. The van der Waals surface area contributed by atoms with E-state index in [4.69, 9.17) is 4.43 Å². The van der Waals surface area contributed by atoms with Gasteiger partial charge in [0.1, 0.15) is 0 Å². The van der Waals surface area contributed by atoms with E-state index >= 15 is 0 Å². The Labute approximate surface area is 127 Å². The van der Waals surface area contributed by atoms with Crippen LogP contribution in [0.15, 0.2) is 0 Å². The fourth-order valence-electron chi connectivity index (χ4n) is 5.35. The highest BCUT2D eigenvalue weighted by atomic mass is 28.4. The van der Waals surface area contributed by atoms with Crippen LogP contribution in [0.3, 0.4) is 0 Å². The van der Waals surface area contributed by atoms with Gasteiger partial charge in [-0.3, -0.25) is 0 Å². The van der Waals surface area contributed by atoms with E-state index in [1.54, 1.807) is 0 Å². The van der Waals surface area contributed by atoms with E-state index in [-0.39, 0.29) is 0 Å². The highest BCUT2D eigenvalue weighted by molar-refractivity contribution is 6.76. The van der Waals surface area contributed by atoms with Crippen LogP contribution in [-0.4, -0.2) is 14.9 Å². The summed E-state index contributed by atoms with van der Waals surface area (Å²) in [5, 5.41) is 0. The van der Waals surface area contributed by atoms with Crippen LogP contribution in [0.1, 0.15) is 89.9 Å². The van der Waals surface area contributed by atoms with Gasteiger partial charge in [-0.25, -0.2) is 0 Å². The van der Waals surface area contributed by atoms with Gasteiger partial charge in [-0.15, -0.1) is 0 Å². The molecule has 2 saturated carbocycles. The molecule has 0 spiro atoms. The van der Waals surface area contributed by atoms with Gasteiger partial charge in [0.25, 0.3) is 0 Å². The molecule has 1 aliphatic heterocycles. The normalized spacial score (nSPS) is 30.6. The van der Waals surface area contributed by atoms with Crippen molar-refractivity contribution < 1.29 is 4.43 Å². The average Bonchev–Trinajstić information content (AvgIpc) is 2.93. The van der Waals surface area contributed by atoms with Gasteiger partial charge >= 0.3 is 0 Å². The van der Waals surface area contributed by atoms with E-state index in [1.807, 2.05) is 0 Å². The summed E-state index contributed by atoms with van der Waals surface area (Å²) >= 11 is 0. The molecule has 0 radical (unpaired) electrons. The predicted octanol–water partition coefficient (Wildman–Crippen LogP) is 6.19. The molecule has 3 rings (SSSR count). The third-order valence-corrected chi connectivity index (χ3v) is 12.2. The minimum atomic E-state index is -1.45. The van der Waals surface area contributed by atoms with Crippen molar-refractivity contribution >= 4 is 8.32 Å². The summed E-state index contributed by atoms with van der Waals surface area (Å²) < 4.78 is 6.79. The second-order valence-corrected chi connectivity index (χ2v) is 12.0. The van der Waals surface area contributed by atoms with Crippen LogP contribution in [0.4, 0.5) is 0 Å². The third-order valence-electron chi connectivity index (χ3n) is 6.43. The number of hydrogen-bond acceptors (Lipinski definition) is 1. The van der Waals surface area contributed by atoms with Crippen molar-refractivity contribution in [2.45, 2.75) is 107 Å². The summed E-state index contributed by atoms with van der Waals surface area (Å²) in [6.45, 7) is 1.11. The molecule has 0 unspecified atom stereocenters. The van der Waals surface area contributed by atoms with Crippen molar-refractivity contribution in [2.24, 2.45) is 0 Å². The third kappa shape index (κ3) is 3.32. The van der Waals surface area contributed by atoms with Crippen LogP contribution in [0.2, 0.25) is 17.1 Å². The van der Waals surface area contributed by atoms with Crippen LogP contribution in [0.25, 0.3) is 0 Å². The lowest BCUT2D eigenvalue weighted by molar-refractivity contribution is 0.240. The Morgan fingerprint density at radius 1 is 0.550 bits per heavy atom. The Balaban J connectivity index is 1.78. The Morgan fingerprint density at radius 2 is 1.05 bits per heavy atom. The molecule has 116 valence electrons. The molecule has 0 atom stereocenters. The fraction of sp³-hybridized carbons (Fsp3) is 1.00. The zero-order chi connectivity index (χ0) is 13.7. The van der Waals surface area contributed by atoms with Gasteiger partial charge in [-0.2, -0.15) is 0 Å².